The fraction of sp³-hybridized carbons (Fsp3) is 0.667. The smallest absolute Gasteiger partial charge is 0.273 e. The van der Waals surface area contributed by atoms with Gasteiger partial charge in [0.15, 0.2) is 5.69 Å². The maximum absolute atomic E-state index is 12.4. The van der Waals surface area contributed by atoms with Crippen LogP contribution in [0.5, 0.6) is 0 Å². The van der Waals surface area contributed by atoms with E-state index in [0.717, 1.165) is 0 Å². The zero-order valence-corrected chi connectivity index (χ0v) is 15.3. The van der Waals surface area contributed by atoms with Crippen molar-refractivity contribution in [3.8, 4) is 0 Å². The number of rotatable bonds is 3. The molecule has 0 radical (unpaired) electrons. The lowest BCUT2D eigenvalue weighted by atomic mass is 10.1. The largest absolute Gasteiger partial charge is 0.339 e. The Morgan fingerprint density at radius 2 is 2.09 bits per heavy atom. The minimum atomic E-state index is -0.470. The van der Waals surface area contributed by atoms with Gasteiger partial charge < -0.3 is 10.2 Å². The molecule has 0 bridgehead atoms. The second-order valence-corrected chi connectivity index (χ2v) is 7.73. The van der Waals surface area contributed by atoms with Crippen LogP contribution in [-0.2, 0) is 4.79 Å². The maximum Gasteiger partial charge on any atom is 0.273 e. The van der Waals surface area contributed by atoms with Crippen molar-refractivity contribution in [2.75, 3.05) is 6.54 Å². The number of likely N-dealkylation sites (tertiary alicyclic amines) is 1. The lowest BCUT2D eigenvalue weighted by Crippen LogP contribution is -2.47. The van der Waals surface area contributed by atoms with E-state index in [1.807, 2.05) is 34.6 Å². The van der Waals surface area contributed by atoms with Gasteiger partial charge in [0.25, 0.3) is 5.91 Å². The Balaban J connectivity index is 2.09. The molecule has 1 aliphatic rings. The summed E-state index contributed by atoms with van der Waals surface area (Å²) in [4.78, 5) is 26.6. The van der Waals surface area contributed by atoms with E-state index >= 15 is 0 Å². The van der Waals surface area contributed by atoms with E-state index in [1.54, 1.807) is 15.8 Å². The number of carbonyl (C=O) groups excluding carboxylic acids is 2. The Morgan fingerprint density at radius 3 is 2.55 bits per heavy atom. The lowest BCUT2D eigenvalue weighted by molar-refractivity contribution is -0.133. The summed E-state index contributed by atoms with van der Waals surface area (Å²) < 4.78 is 2.36. The number of halogens is 1. The molecule has 1 atom stereocenters. The van der Waals surface area contributed by atoms with Gasteiger partial charge in [-0.2, -0.15) is 5.10 Å². The van der Waals surface area contributed by atoms with Crippen LogP contribution in [0.3, 0.4) is 0 Å². The molecule has 1 aliphatic heterocycles. The molecule has 1 aromatic heterocycles. The second-order valence-electron chi connectivity index (χ2n) is 6.87. The molecule has 122 valence electrons. The Bertz CT molecular complexity index is 589. The molecule has 2 heterocycles. The molecule has 22 heavy (non-hydrogen) atoms. The highest BCUT2D eigenvalue weighted by Crippen LogP contribution is 2.23. The fourth-order valence-corrected chi connectivity index (χ4v) is 2.96. The monoisotopic (exact) mass is 370 g/mol. The van der Waals surface area contributed by atoms with Crippen LogP contribution in [0.4, 0.5) is 0 Å². The Morgan fingerprint density at radius 1 is 1.45 bits per heavy atom. The predicted octanol–water partition coefficient (Wildman–Crippen LogP) is 2.36. The van der Waals surface area contributed by atoms with Crippen LogP contribution in [0.25, 0.3) is 0 Å². The van der Waals surface area contributed by atoms with Gasteiger partial charge in [0.2, 0.25) is 5.91 Å². The summed E-state index contributed by atoms with van der Waals surface area (Å²) in [6, 6.07) is -0.301. The average Bonchev–Trinajstić information content (AvgIpc) is 2.93. The molecule has 0 saturated carbocycles. The van der Waals surface area contributed by atoms with Crippen molar-refractivity contribution in [2.45, 2.75) is 58.7 Å². The molecule has 1 saturated heterocycles. The third kappa shape index (κ3) is 3.34. The van der Waals surface area contributed by atoms with Gasteiger partial charge in [0, 0.05) is 24.3 Å². The minimum Gasteiger partial charge on any atom is -0.339 e. The molecule has 0 spiro atoms. The van der Waals surface area contributed by atoms with Crippen molar-refractivity contribution in [2.24, 2.45) is 0 Å². The molecule has 6 nitrogen and oxygen atoms in total. The van der Waals surface area contributed by atoms with Crippen LogP contribution in [-0.4, -0.2) is 44.6 Å². The zero-order chi connectivity index (χ0) is 16.7. The molecule has 1 fully saturated rings. The third-order valence-corrected chi connectivity index (χ3v) is 4.33. The zero-order valence-electron chi connectivity index (χ0n) is 13.7. The van der Waals surface area contributed by atoms with Gasteiger partial charge in [0.1, 0.15) is 6.04 Å². The van der Waals surface area contributed by atoms with Crippen LogP contribution < -0.4 is 5.32 Å². The van der Waals surface area contributed by atoms with E-state index < -0.39 is 6.04 Å². The molecule has 0 aromatic carbocycles. The van der Waals surface area contributed by atoms with Crippen LogP contribution in [0.15, 0.2) is 10.7 Å². The van der Waals surface area contributed by atoms with Gasteiger partial charge in [-0.15, -0.1) is 0 Å². The standard InChI is InChI=1S/C15H23BrN4O2/c1-9(2)20-8-10(16)12(18-20)13(21)17-11-6-7-19(14(11)22)15(3,4)5/h8-9,11H,6-7H2,1-5H3,(H,17,21). The first-order chi connectivity index (χ1) is 10.1. The quantitative estimate of drug-likeness (QED) is 0.887. The first-order valence-corrected chi connectivity index (χ1v) is 8.27. The van der Waals surface area contributed by atoms with Crippen LogP contribution in [0.2, 0.25) is 0 Å². The fourth-order valence-electron chi connectivity index (χ4n) is 2.49. The molecule has 1 N–H and O–H groups in total. The third-order valence-electron chi connectivity index (χ3n) is 3.75. The van der Waals surface area contributed by atoms with E-state index in [2.05, 4.69) is 26.3 Å². The highest BCUT2D eigenvalue weighted by Gasteiger charge is 2.38. The van der Waals surface area contributed by atoms with Gasteiger partial charge >= 0.3 is 0 Å². The highest BCUT2D eigenvalue weighted by atomic mass is 79.9. The Kier molecular flexibility index (Phi) is 4.65. The summed E-state index contributed by atoms with van der Waals surface area (Å²) in [5, 5.41) is 7.08. The molecule has 2 amide bonds. The van der Waals surface area contributed by atoms with Crippen molar-refractivity contribution in [3.05, 3.63) is 16.4 Å². The van der Waals surface area contributed by atoms with Crippen molar-refractivity contribution >= 4 is 27.7 Å². The number of nitrogens with zero attached hydrogens (tertiary/aromatic N) is 3. The first-order valence-electron chi connectivity index (χ1n) is 7.48. The predicted molar refractivity (Wildman–Crippen MR) is 87.6 cm³/mol. The number of hydrogen-bond acceptors (Lipinski definition) is 3. The molecule has 1 aromatic rings. The number of carbonyl (C=O) groups is 2. The summed E-state index contributed by atoms with van der Waals surface area (Å²) in [6.45, 7) is 10.6. The number of amides is 2. The van der Waals surface area contributed by atoms with Gasteiger partial charge in [-0.05, 0) is 57.0 Å². The van der Waals surface area contributed by atoms with Crippen molar-refractivity contribution in [1.29, 1.82) is 0 Å². The molecule has 0 aliphatic carbocycles. The summed E-state index contributed by atoms with van der Waals surface area (Å²) in [5.74, 6) is -0.347. The van der Waals surface area contributed by atoms with Crippen LogP contribution >= 0.6 is 15.9 Å². The maximum atomic E-state index is 12.4. The van der Waals surface area contributed by atoms with Gasteiger partial charge in [-0.3, -0.25) is 14.3 Å². The summed E-state index contributed by atoms with van der Waals surface area (Å²) in [5.41, 5.74) is 0.0896. The number of nitrogens with one attached hydrogen (secondary N) is 1. The van der Waals surface area contributed by atoms with Crippen LogP contribution in [0, 0.1) is 0 Å². The van der Waals surface area contributed by atoms with Gasteiger partial charge in [-0.25, -0.2) is 0 Å². The van der Waals surface area contributed by atoms with Crippen molar-refractivity contribution in [1.82, 2.24) is 20.0 Å². The first kappa shape index (κ1) is 17.0. The molecule has 2 rings (SSSR count). The number of hydrogen-bond donors (Lipinski definition) is 1. The highest BCUT2D eigenvalue weighted by molar-refractivity contribution is 9.10. The normalized spacial score (nSPS) is 19.1. The molecule has 7 heteroatoms. The Labute approximate surface area is 139 Å². The van der Waals surface area contributed by atoms with E-state index in [-0.39, 0.29) is 23.4 Å². The van der Waals surface area contributed by atoms with Crippen LogP contribution in [0.1, 0.15) is 57.6 Å². The topological polar surface area (TPSA) is 67.2 Å². The van der Waals surface area contributed by atoms with E-state index in [9.17, 15) is 9.59 Å². The van der Waals surface area contributed by atoms with E-state index in [1.165, 1.54) is 0 Å². The number of aromatic nitrogens is 2. The van der Waals surface area contributed by atoms with Crippen molar-refractivity contribution in [3.63, 3.8) is 0 Å². The van der Waals surface area contributed by atoms with Crippen molar-refractivity contribution < 1.29 is 9.59 Å². The SMILES string of the molecule is CC(C)n1cc(Br)c(C(=O)NC2CCN(C(C)(C)C)C2=O)n1. The van der Waals surface area contributed by atoms with E-state index in [4.69, 9.17) is 0 Å². The van der Waals surface area contributed by atoms with Gasteiger partial charge in [-0.1, -0.05) is 0 Å². The second kappa shape index (κ2) is 6.02. The molecular formula is C15H23BrN4O2. The molecule has 1 unspecified atom stereocenters. The average molecular weight is 371 g/mol. The summed E-state index contributed by atoms with van der Waals surface area (Å²) >= 11 is 3.35. The minimum absolute atomic E-state index is 0.0275. The summed E-state index contributed by atoms with van der Waals surface area (Å²) in [6.07, 6.45) is 2.40. The van der Waals surface area contributed by atoms with Gasteiger partial charge in [0.05, 0.1) is 4.47 Å². The Hall–Kier alpha value is -1.37. The lowest BCUT2D eigenvalue weighted by Gasteiger charge is -2.32. The molecular weight excluding hydrogens is 348 g/mol. The summed E-state index contributed by atoms with van der Waals surface area (Å²) in [7, 11) is 0. The van der Waals surface area contributed by atoms with E-state index in [0.29, 0.717) is 23.1 Å².